The second-order valence-corrected chi connectivity index (χ2v) is 8.59. The molecule has 0 spiro atoms. The first-order valence-corrected chi connectivity index (χ1v) is 11.7. The molecule has 2 unspecified atom stereocenters. The number of nitrogens with one attached hydrogen (secondary N) is 2. The van der Waals surface area contributed by atoms with Gasteiger partial charge in [-0.05, 0) is 35.7 Å². The van der Waals surface area contributed by atoms with E-state index < -0.39 is 18.2 Å². The van der Waals surface area contributed by atoms with Gasteiger partial charge >= 0.3 is 6.09 Å². The number of hydrogen-bond donors (Lipinski definition) is 2. The van der Waals surface area contributed by atoms with E-state index in [4.69, 9.17) is 4.74 Å². The number of nitrogens with zero attached hydrogens (tertiary/aromatic N) is 1. The number of benzene rings is 3. The summed E-state index contributed by atoms with van der Waals surface area (Å²) >= 11 is 0. The molecule has 4 rings (SSSR count). The fraction of sp³-hybridized carbons (Fsp3) is 0.250. The van der Waals surface area contributed by atoms with Crippen molar-refractivity contribution >= 4 is 23.6 Å². The van der Waals surface area contributed by atoms with Crippen LogP contribution in [0, 0.1) is 6.92 Å². The van der Waals surface area contributed by atoms with E-state index in [1.165, 1.54) is 4.90 Å². The molecule has 1 aliphatic rings. The normalized spacial score (nSPS) is 17.1. The van der Waals surface area contributed by atoms with E-state index in [2.05, 4.69) is 10.6 Å². The van der Waals surface area contributed by atoms with Crippen LogP contribution in [0.1, 0.15) is 41.7 Å². The van der Waals surface area contributed by atoms with E-state index in [1.807, 2.05) is 61.5 Å². The molecule has 1 saturated heterocycles. The Kier molecular flexibility index (Phi) is 7.45. The molecule has 0 saturated carbocycles. The summed E-state index contributed by atoms with van der Waals surface area (Å²) < 4.78 is 5.74. The molecule has 3 aromatic carbocycles. The van der Waals surface area contributed by atoms with E-state index in [0.717, 1.165) is 16.7 Å². The summed E-state index contributed by atoms with van der Waals surface area (Å²) in [5.74, 6) is -0.427. The zero-order valence-electron chi connectivity index (χ0n) is 19.9. The van der Waals surface area contributed by atoms with Crippen molar-refractivity contribution in [2.45, 2.75) is 45.5 Å². The molecule has 1 fully saturated rings. The number of carbonyl (C=O) groups is 3. The van der Waals surface area contributed by atoms with E-state index in [9.17, 15) is 14.4 Å². The van der Waals surface area contributed by atoms with Crippen LogP contribution >= 0.6 is 0 Å². The number of rotatable bonds is 8. The fourth-order valence-corrected chi connectivity index (χ4v) is 4.03. The van der Waals surface area contributed by atoms with E-state index in [1.54, 1.807) is 31.2 Å². The number of carbonyl (C=O) groups excluding carboxylic acids is 3. The highest BCUT2D eigenvalue weighted by molar-refractivity contribution is 5.91. The molecule has 2 N–H and O–H groups in total. The maximum Gasteiger partial charge on any atom is 0.411 e. The van der Waals surface area contributed by atoms with Gasteiger partial charge in [-0.2, -0.15) is 0 Å². The highest BCUT2D eigenvalue weighted by atomic mass is 16.6. The molecular formula is C28H29N3O4. The van der Waals surface area contributed by atoms with Crippen LogP contribution in [0.3, 0.4) is 0 Å². The summed E-state index contributed by atoms with van der Waals surface area (Å²) in [7, 11) is 0. The minimum absolute atomic E-state index is 0.122. The highest BCUT2D eigenvalue weighted by Crippen LogP contribution is 2.35. The van der Waals surface area contributed by atoms with Gasteiger partial charge in [0, 0.05) is 18.7 Å². The molecule has 1 heterocycles. The van der Waals surface area contributed by atoms with E-state index >= 15 is 0 Å². The fourth-order valence-electron chi connectivity index (χ4n) is 4.03. The van der Waals surface area contributed by atoms with Crippen molar-refractivity contribution in [1.29, 1.82) is 0 Å². The van der Waals surface area contributed by atoms with E-state index in [-0.39, 0.29) is 18.4 Å². The number of anilines is 1. The third-order valence-corrected chi connectivity index (χ3v) is 5.96. The van der Waals surface area contributed by atoms with Crippen molar-refractivity contribution in [3.63, 3.8) is 0 Å². The molecule has 3 aromatic rings. The van der Waals surface area contributed by atoms with Crippen molar-refractivity contribution in [2.24, 2.45) is 0 Å². The summed E-state index contributed by atoms with van der Waals surface area (Å²) in [5, 5.41) is 5.78. The Morgan fingerprint density at radius 2 is 1.69 bits per heavy atom. The van der Waals surface area contributed by atoms with Crippen LogP contribution in [0.15, 0.2) is 78.9 Å². The first-order chi connectivity index (χ1) is 16.9. The van der Waals surface area contributed by atoms with Gasteiger partial charge in [0.15, 0.2) is 12.1 Å². The lowest BCUT2D eigenvalue weighted by molar-refractivity contribution is -0.126. The lowest BCUT2D eigenvalue weighted by Gasteiger charge is -2.24. The smallest absolute Gasteiger partial charge is 0.411 e. The summed E-state index contributed by atoms with van der Waals surface area (Å²) in [5.41, 5.74) is 4.19. The van der Waals surface area contributed by atoms with Crippen molar-refractivity contribution in [1.82, 2.24) is 10.2 Å². The maximum absolute atomic E-state index is 13.5. The van der Waals surface area contributed by atoms with Crippen LogP contribution in [-0.2, 0) is 27.4 Å². The average molecular weight is 472 g/mol. The summed E-state index contributed by atoms with van der Waals surface area (Å²) in [6.45, 7) is 4.34. The standard InChI is InChI=1S/C28H29N3O4/c1-3-24(32)30-23-11-7-10-22(16-23)26-25(27(33)29-17-20-8-5-4-6-9-20)31(28(34)35-26)18-21-14-12-19(2)13-15-21/h4-16,25-26H,3,17-18H2,1-2H3,(H,29,33)(H,30,32). The molecule has 7 heteroatoms. The molecule has 2 atom stereocenters. The Hall–Kier alpha value is -4.13. The van der Waals surface area contributed by atoms with Crippen molar-refractivity contribution in [3.05, 3.63) is 101 Å². The van der Waals surface area contributed by atoms with Gasteiger partial charge in [0.1, 0.15) is 0 Å². The molecule has 1 aliphatic heterocycles. The predicted octanol–water partition coefficient (Wildman–Crippen LogP) is 4.72. The number of cyclic esters (lactones) is 1. The lowest BCUT2D eigenvalue weighted by atomic mass is 9.99. The summed E-state index contributed by atoms with van der Waals surface area (Å²) in [4.78, 5) is 39.8. The molecule has 3 amide bonds. The Morgan fingerprint density at radius 3 is 2.40 bits per heavy atom. The Labute approximate surface area is 205 Å². The summed E-state index contributed by atoms with van der Waals surface area (Å²) in [6, 6.07) is 23.6. The largest absolute Gasteiger partial charge is 0.438 e. The third kappa shape index (κ3) is 5.87. The molecule has 180 valence electrons. The first kappa shape index (κ1) is 24.0. The molecule has 7 nitrogen and oxygen atoms in total. The third-order valence-electron chi connectivity index (χ3n) is 5.96. The molecule has 0 aromatic heterocycles. The van der Waals surface area contributed by atoms with Crippen molar-refractivity contribution in [2.75, 3.05) is 5.32 Å². The van der Waals surface area contributed by atoms with Gasteiger partial charge in [-0.1, -0.05) is 79.2 Å². The average Bonchev–Trinajstić information content (AvgIpc) is 3.20. The van der Waals surface area contributed by atoms with Crippen LogP contribution in [0.2, 0.25) is 0 Å². The number of hydrogen-bond acceptors (Lipinski definition) is 4. The Bertz CT molecular complexity index is 1190. The van der Waals surface area contributed by atoms with Gasteiger partial charge in [0.25, 0.3) is 0 Å². The zero-order chi connectivity index (χ0) is 24.8. The monoisotopic (exact) mass is 471 g/mol. The molecule has 0 aliphatic carbocycles. The second-order valence-electron chi connectivity index (χ2n) is 8.59. The number of amides is 3. The minimum atomic E-state index is -0.871. The second kappa shape index (κ2) is 10.9. The SMILES string of the molecule is CCC(=O)Nc1cccc(C2OC(=O)N(Cc3ccc(C)cc3)C2C(=O)NCc2ccccc2)c1. The van der Waals surface area contributed by atoms with Crippen LogP contribution in [-0.4, -0.2) is 28.8 Å². The van der Waals surface area contributed by atoms with Gasteiger partial charge in [-0.3, -0.25) is 14.5 Å². The molecule has 35 heavy (non-hydrogen) atoms. The van der Waals surface area contributed by atoms with Crippen LogP contribution in [0.5, 0.6) is 0 Å². The predicted molar refractivity (Wildman–Crippen MR) is 133 cm³/mol. The number of ether oxygens (including phenoxy) is 1. The maximum atomic E-state index is 13.5. The first-order valence-electron chi connectivity index (χ1n) is 11.7. The van der Waals surface area contributed by atoms with Crippen molar-refractivity contribution in [3.8, 4) is 0 Å². The van der Waals surface area contributed by atoms with Gasteiger partial charge in [0.05, 0.1) is 6.54 Å². The lowest BCUT2D eigenvalue weighted by Crippen LogP contribution is -2.46. The highest BCUT2D eigenvalue weighted by Gasteiger charge is 2.47. The van der Waals surface area contributed by atoms with Gasteiger partial charge in [-0.25, -0.2) is 4.79 Å². The van der Waals surface area contributed by atoms with Crippen molar-refractivity contribution < 1.29 is 19.1 Å². The van der Waals surface area contributed by atoms with Crippen LogP contribution in [0.25, 0.3) is 0 Å². The van der Waals surface area contributed by atoms with Gasteiger partial charge in [-0.15, -0.1) is 0 Å². The topological polar surface area (TPSA) is 87.7 Å². The van der Waals surface area contributed by atoms with Crippen LogP contribution < -0.4 is 10.6 Å². The van der Waals surface area contributed by atoms with Crippen LogP contribution in [0.4, 0.5) is 10.5 Å². The van der Waals surface area contributed by atoms with E-state index in [0.29, 0.717) is 24.2 Å². The van der Waals surface area contributed by atoms with Gasteiger partial charge < -0.3 is 15.4 Å². The molecule has 0 bridgehead atoms. The Balaban J connectivity index is 1.61. The number of aryl methyl sites for hydroxylation is 1. The minimum Gasteiger partial charge on any atom is -0.438 e. The molecular weight excluding hydrogens is 442 g/mol. The zero-order valence-corrected chi connectivity index (χ0v) is 19.9. The molecule has 0 radical (unpaired) electrons. The Morgan fingerprint density at radius 1 is 0.943 bits per heavy atom. The summed E-state index contributed by atoms with van der Waals surface area (Å²) in [6.07, 6.45) is -1.03. The quantitative estimate of drug-likeness (QED) is 0.498. The van der Waals surface area contributed by atoms with Gasteiger partial charge in [0.2, 0.25) is 11.8 Å².